The number of amides is 1. The smallest absolute Gasteiger partial charge is 0.271 e. The molecule has 8 nitrogen and oxygen atoms in total. The number of hydrogen-bond donors (Lipinski definition) is 1. The lowest BCUT2D eigenvalue weighted by Gasteiger charge is -2.28. The van der Waals surface area contributed by atoms with Gasteiger partial charge in [0, 0.05) is 18.7 Å². The fraction of sp³-hybridized carbons (Fsp3) is 0.350. The van der Waals surface area contributed by atoms with Crippen LogP contribution >= 0.6 is 0 Å². The van der Waals surface area contributed by atoms with Crippen molar-refractivity contribution in [1.29, 1.82) is 0 Å². The van der Waals surface area contributed by atoms with Crippen LogP contribution in [0.2, 0.25) is 0 Å². The summed E-state index contributed by atoms with van der Waals surface area (Å²) in [5, 5.41) is 13.7. The molecule has 0 heterocycles. The standard InChI is InChI=1S/C20H25N3O5S/c1-15-9-11-17(12-10-15)6-5-13-21-20(24)16(2)22(29(3,27)28)18-7-4-8-19(14-18)23(25)26/h4,7-12,14,16H,5-6,13H2,1-3H3,(H,21,24)/t16-/m0/s1. The third-order valence-corrected chi connectivity index (χ3v) is 5.69. The van der Waals surface area contributed by atoms with Crippen LogP contribution in [-0.4, -0.2) is 38.1 Å². The molecule has 0 bridgehead atoms. The van der Waals surface area contributed by atoms with Crippen LogP contribution in [0.25, 0.3) is 0 Å². The molecular formula is C20H25N3O5S. The molecule has 0 unspecified atom stereocenters. The zero-order valence-electron chi connectivity index (χ0n) is 16.7. The van der Waals surface area contributed by atoms with Gasteiger partial charge in [0.15, 0.2) is 0 Å². The number of sulfonamides is 1. The number of non-ortho nitro benzene ring substituents is 1. The highest BCUT2D eigenvalue weighted by molar-refractivity contribution is 7.92. The molecule has 0 fully saturated rings. The molecule has 0 saturated heterocycles. The van der Waals surface area contributed by atoms with Crippen LogP contribution in [0.1, 0.15) is 24.5 Å². The number of rotatable bonds is 9. The highest BCUT2D eigenvalue weighted by Gasteiger charge is 2.29. The molecule has 0 radical (unpaired) electrons. The maximum Gasteiger partial charge on any atom is 0.271 e. The van der Waals surface area contributed by atoms with E-state index in [1.807, 2.05) is 31.2 Å². The first kappa shape index (κ1) is 22.4. The quantitative estimate of drug-likeness (QED) is 0.382. The van der Waals surface area contributed by atoms with Crippen molar-refractivity contribution in [1.82, 2.24) is 5.32 Å². The lowest BCUT2D eigenvalue weighted by molar-refractivity contribution is -0.384. The summed E-state index contributed by atoms with van der Waals surface area (Å²) in [6, 6.07) is 12.3. The van der Waals surface area contributed by atoms with E-state index in [4.69, 9.17) is 0 Å². The van der Waals surface area contributed by atoms with Crippen LogP contribution < -0.4 is 9.62 Å². The molecule has 29 heavy (non-hydrogen) atoms. The molecular weight excluding hydrogens is 394 g/mol. The Balaban J connectivity index is 2.04. The molecule has 0 aliphatic carbocycles. The van der Waals surface area contributed by atoms with Crippen LogP contribution in [0, 0.1) is 17.0 Å². The van der Waals surface area contributed by atoms with Crippen LogP contribution in [0.15, 0.2) is 48.5 Å². The molecule has 0 aliphatic heterocycles. The fourth-order valence-electron chi connectivity index (χ4n) is 2.96. The van der Waals surface area contributed by atoms with Gasteiger partial charge in [-0.1, -0.05) is 35.9 Å². The molecule has 2 aromatic carbocycles. The first-order chi connectivity index (χ1) is 13.6. The molecule has 1 amide bonds. The van der Waals surface area contributed by atoms with E-state index in [1.165, 1.54) is 30.7 Å². The second-order valence-electron chi connectivity index (χ2n) is 6.89. The molecule has 0 aliphatic rings. The zero-order valence-corrected chi connectivity index (χ0v) is 17.5. The van der Waals surface area contributed by atoms with Crippen molar-refractivity contribution < 1.29 is 18.1 Å². The number of anilines is 1. The summed E-state index contributed by atoms with van der Waals surface area (Å²) < 4.78 is 25.5. The summed E-state index contributed by atoms with van der Waals surface area (Å²) in [6.07, 6.45) is 2.46. The van der Waals surface area contributed by atoms with Crippen molar-refractivity contribution in [2.75, 3.05) is 17.1 Å². The maximum absolute atomic E-state index is 12.5. The van der Waals surface area contributed by atoms with E-state index in [9.17, 15) is 23.3 Å². The minimum Gasteiger partial charge on any atom is -0.354 e. The van der Waals surface area contributed by atoms with Gasteiger partial charge in [0.05, 0.1) is 16.9 Å². The number of carbonyl (C=O) groups is 1. The van der Waals surface area contributed by atoms with Crippen molar-refractivity contribution in [3.05, 3.63) is 69.8 Å². The average molecular weight is 420 g/mol. The molecule has 2 rings (SSSR count). The lowest BCUT2D eigenvalue weighted by atomic mass is 10.1. The Bertz CT molecular complexity index is 974. The Morgan fingerprint density at radius 3 is 2.45 bits per heavy atom. The van der Waals surface area contributed by atoms with Gasteiger partial charge in [-0.25, -0.2) is 8.42 Å². The topological polar surface area (TPSA) is 110 Å². The van der Waals surface area contributed by atoms with E-state index in [1.54, 1.807) is 0 Å². The average Bonchev–Trinajstić information content (AvgIpc) is 2.65. The van der Waals surface area contributed by atoms with Gasteiger partial charge in [-0.3, -0.25) is 19.2 Å². The van der Waals surface area contributed by atoms with Gasteiger partial charge < -0.3 is 5.32 Å². The molecule has 1 N–H and O–H groups in total. The van der Waals surface area contributed by atoms with Gasteiger partial charge in [-0.15, -0.1) is 0 Å². The second kappa shape index (κ2) is 9.51. The first-order valence-electron chi connectivity index (χ1n) is 9.16. The van der Waals surface area contributed by atoms with Gasteiger partial charge >= 0.3 is 0 Å². The van der Waals surface area contributed by atoms with Crippen LogP contribution in [0.4, 0.5) is 11.4 Å². The van der Waals surface area contributed by atoms with E-state index in [0.29, 0.717) is 13.0 Å². The summed E-state index contributed by atoms with van der Waals surface area (Å²) in [5.74, 6) is -0.467. The normalized spacial score (nSPS) is 12.2. The second-order valence-corrected chi connectivity index (χ2v) is 8.75. The van der Waals surface area contributed by atoms with Gasteiger partial charge in [-0.05, 0) is 38.3 Å². The van der Waals surface area contributed by atoms with E-state index in [-0.39, 0.29) is 11.4 Å². The van der Waals surface area contributed by atoms with E-state index in [0.717, 1.165) is 28.6 Å². The highest BCUT2D eigenvalue weighted by Crippen LogP contribution is 2.25. The number of carbonyl (C=O) groups excluding carboxylic acids is 1. The number of benzene rings is 2. The molecule has 156 valence electrons. The van der Waals surface area contributed by atoms with Crippen LogP contribution in [0.5, 0.6) is 0 Å². The molecule has 0 spiro atoms. The van der Waals surface area contributed by atoms with Gasteiger partial charge in [0.1, 0.15) is 6.04 Å². The molecule has 0 aromatic heterocycles. The van der Waals surface area contributed by atoms with Crippen molar-refractivity contribution in [2.24, 2.45) is 0 Å². The summed E-state index contributed by atoms with van der Waals surface area (Å²) in [5.41, 5.74) is 2.16. The number of hydrogen-bond acceptors (Lipinski definition) is 5. The Morgan fingerprint density at radius 1 is 1.21 bits per heavy atom. The van der Waals surface area contributed by atoms with E-state index < -0.39 is 26.9 Å². The fourth-order valence-corrected chi connectivity index (χ4v) is 4.13. The third kappa shape index (κ3) is 6.28. The first-order valence-corrected chi connectivity index (χ1v) is 11.0. The van der Waals surface area contributed by atoms with Gasteiger partial charge in [0.25, 0.3) is 5.69 Å². The Morgan fingerprint density at radius 2 is 1.86 bits per heavy atom. The van der Waals surface area contributed by atoms with Crippen molar-refractivity contribution in [3.63, 3.8) is 0 Å². The van der Waals surface area contributed by atoms with Crippen LogP contribution in [-0.2, 0) is 21.2 Å². The number of nitrogens with one attached hydrogen (secondary N) is 1. The van der Waals surface area contributed by atoms with Gasteiger partial charge in [0.2, 0.25) is 15.9 Å². The predicted octanol–water partition coefficient (Wildman–Crippen LogP) is 2.81. The molecule has 0 saturated carbocycles. The number of aryl methyl sites for hydroxylation is 2. The lowest BCUT2D eigenvalue weighted by Crippen LogP contribution is -2.48. The minimum atomic E-state index is -3.83. The van der Waals surface area contributed by atoms with E-state index in [2.05, 4.69) is 5.32 Å². The molecule has 1 atom stereocenters. The molecule has 9 heteroatoms. The monoisotopic (exact) mass is 419 g/mol. The SMILES string of the molecule is Cc1ccc(CCCNC(=O)[C@H](C)N(c2cccc([N+](=O)[O-])c2)S(C)(=O)=O)cc1. The number of nitrogens with zero attached hydrogens (tertiary/aromatic N) is 2. The Hall–Kier alpha value is -2.94. The van der Waals surface area contributed by atoms with Crippen molar-refractivity contribution in [3.8, 4) is 0 Å². The summed E-state index contributed by atoms with van der Waals surface area (Å²) in [4.78, 5) is 22.9. The summed E-state index contributed by atoms with van der Waals surface area (Å²) in [6.45, 7) is 3.86. The third-order valence-electron chi connectivity index (χ3n) is 4.45. The molecule has 2 aromatic rings. The number of nitro benzene ring substituents is 1. The predicted molar refractivity (Wildman–Crippen MR) is 112 cm³/mol. The van der Waals surface area contributed by atoms with Crippen molar-refractivity contribution in [2.45, 2.75) is 32.7 Å². The zero-order chi connectivity index (χ0) is 21.6. The Kier molecular flexibility index (Phi) is 7.33. The van der Waals surface area contributed by atoms with E-state index >= 15 is 0 Å². The number of nitro groups is 1. The Labute approximate surface area is 170 Å². The largest absolute Gasteiger partial charge is 0.354 e. The van der Waals surface area contributed by atoms with Crippen molar-refractivity contribution >= 4 is 27.3 Å². The maximum atomic E-state index is 12.5. The van der Waals surface area contributed by atoms with Gasteiger partial charge in [-0.2, -0.15) is 0 Å². The summed E-state index contributed by atoms with van der Waals surface area (Å²) in [7, 11) is -3.83. The minimum absolute atomic E-state index is 0.0732. The summed E-state index contributed by atoms with van der Waals surface area (Å²) >= 11 is 0. The van der Waals surface area contributed by atoms with Crippen LogP contribution in [0.3, 0.4) is 0 Å². The highest BCUT2D eigenvalue weighted by atomic mass is 32.2.